The van der Waals surface area contributed by atoms with Crippen molar-refractivity contribution >= 4 is 17.5 Å². The molecule has 0 spiro atoms. The van der Waals surface area contributed by atoms with Crippen LogP contribution in [0.5, 0.6) is 5.75 Å². The molecule has 0 radical (unpaired) electrons. The van der Waals surface area contributed by atoms with E-state index < -0.39 is 0 Å². The van der Waals surface area contributed by atoms with Gasteiger partial charge in [0.1, 0.15) is 5.75 Å². The van der Waals surface area contributed by atoms with E-state index in [1.807, 2.05) is 25.1 Å². The first kappa shape index (κ1) is 17.3. The van der Waals surface area contributed by atoms with Crippen LogP contribution in [0.4, 0.5) is 0 Å². The van der Waals surface area contributed by atoms with E-state index >= 15 is 0 Å². The van der Waals surface area contributed by atoms with Crippen molar-refractivity contribution in [2.75, 3.05) is 13.7 Å². The third kappa shape index (κ3) is 4.98. The van der Waals surface area contributed by atoms with Gasteiger partial charge < -0.3 is 14.8 Å². The molecule has 0 fully saturated rings. The van der Waals surface area contributed by atoms with Crippen LogP contribution in [0.25, 0.3) is 0 Å². The number of halogens is 1. The fraction of sp³-hybridized carbons (Fsp3) is 0.278. The van der Waals surface area contributed by atoms with Crippen LogP contribution in [0.2, 0.25) is 5.02 Å². The Bertz CT molecular complexity index is 673. The molecule has 0 unspecified atom stereocenters. The molecule has 0 aromatic heterocycles. The van der Waals surface area contributed by atoms with Gasteiger partial charge in [0.2, 0.25) is 0 Å². The highest BCUT2D eigenvalue weighted by atomic mass is 35.5. The topological polar surface area (TPSA) is 47.6 Å². The molecule has 0 aliphatic rings. The monoisotopic (exact) mass is 333 g/mol. The molecule has 5 heteroatoms. The molecule has 4 nitrogen and oxygen atoms in total. The molecule has 0 aliphatic heterocycles. The lowest BCUT2D eigenvalue weighted by atomic mass is 10.1. The molecule has 1 N–H and O–H groups in total. The molecule has 0 aliphatic carbocycles. The number of carbonyl (C=O) groups is 1. The number of nitrogens with one attached hydrogen (secondary N) is 1. The molecule has 0 saturated carbocycles. The second kappa shape index (κ2) is 8.56. The Balaban J connectivity index is 2.06. The second-order valence-electron chi connectivity index (χ2n) is 4.98. The number of hydrogen-bond acceptors (Lipinski definition) is 3. The summed E-state index contributed by atoms with van der Waals surface area (Å²) in [6.45, 7) is 3.36. The highest BCUT2D eigenvalue weighted by molar-refractivity contribution is 6.30. The predicted molar refractivity (Wildman–Crippen MR) is 90.9 cm³/mol. The van der Waals surface area contributed by atoms with E-state index in [4.69, 9.17) is 21.1 Å². The minimum absolute atomic E-state index is 0.148. The minimum Gasteiger partial charge on any atom is -0.496 e. The number of benzene rings is 2. The summed E-state index contributed by atoms with van der Waals surface area (Å²) in [7, 11) is 1.60. The zero-order chi connectivity index (χ0) is 16.7. The maximum absolute atomic E-state index is 12.3. The molecule has 2 rings (SSSR count). The third-order valence-corrected chi connectivity index (χ3v) is 3.58. The summed E-state index contributed by atoms with van der Waals surface area (Å²) >= 11 is 5.94. The maximum Gasteiger partial charge on any atom is 0.251 e. The van der Waals surface area contributed by atoms with Gasteiger partial charge in [0.25, 0.3) is 5.91 Å². The highest BCUT2D eigenvalue weighted by Crippen LogP contribution is 2.21. The molecule has 0 atom stereocenters. The summed E-state index contributed by atoms with van der Waals surface area (Å²) < 4.78 is 10.7. The fourth-order valence-corrected chi connectivity index (χ4v) is 2.39. The van der Waals surface area contributed by atoms with E-state index in [0.717, 1.165) is 11.1 Å². The van der Waals surface area contributed by atoms with E-state index in [0.29, 0.717) is 36.1 Å². The van der Waals surface area contributed by atoms with Crippen LogP contribution >= 0.6 is 11.6 Å². The molecule has 0 bridgehead atoms. The molecule has 122 valence electrons. The zero-order valence-electron chi connectivity index (χ0n) is 13.3. The maximum atomic E-state index is 12.3. The largest absolute Gasteiger partial charge is 0.496 e. The standard InChI is InChI=1S/C18H20ClNO3/c1-3-23-12-15-10-14(7-8-17(15)22-2)18(21)20-11-13-5-4-6-16(19)9-13/h4-10H,3,11-12H2,1-2H3,(H,20,21). The Morgan fingerprint density at radius 1 is 1.22 bits per heavy atom. The Morgan fingerprint density at radius 3 is 2.74 bits per heavy atom. The molecule has 1 amide bonds. The van der Waals surface area contributed by atoms with Crippen molar-refractivity contribution in [1.82, 2.24) is 5.32 Å². The summed E-state index contributed by atoms with van der Waals surface area (Å²) in [5.41, 5.74) is 2.38. The third-order valence-electron chi connectivity index (χ3n) is 3.35. The van der Waals surface area contributed by atoms with E-state index in [1.54, 1.807) is 31.4 Å². The normalized spacial score (nSPS) is 10.4. The van der Waals surface area contributed by atoms with Crippen LogP contribution < -0.4 is 10.1 Å². The summed E-state index contributed by atoms with van der Waals surface area (Å²) in [5, 5.41) is 3.54. The van der Waals surface area contributed by atoms with E-state index in [9.17, 15) is 4.79 Å². The molecule has 0 saturated heterocycles. The van der Waals surface area contributed by atoms with Crippen molar-refractivity contribution in [3.63, 3.8) is 0 Å². The molecular weight excluding hydrogens is 314 g/mol. The van der Waals surface area contributed by atoms with Crippen molar-refractivity contribution < 1.29 is 14.3 Å². The predicted octanol–water partition coefficient (Wildman–Crippen LogP) is 3.82. The quantitative estimate of drug-likeness (QED) is 0.838. The van der Waals surface area contributed by atoms with Gasteiger partial charge in [-0.15, -0.1) is 0 Å². The smallest absolute Gasteiger partial charge is 0.251 e. The number of ether oxygens (including phenoxy) is 2. The molecule has 23 heavy (non-hydrogen) atoms. The van der Waals surface area contributed by atoms with Gasteiger partial charge in [-0.1, -0.05) is 23.7 Å². The lowest BCUT2D eigenvalue weighted by molar-refractivity contribution is 0.0950. The fourth-order valence-electron chi connectivity index (χ4n) is 2.18. The van der Waals surface area contributed by atoms with Gasteiger partial charge in [-0.3, -0.25) is 4.79 Å². The van der Waals surface area contributed by atoms with Gasteiger partial charge in [-0.25, -0.2) is 0 Å². The molecule has 2 aromatic carbocycles. The van der Waals surface area contributed by atoms with Gasteiger partial charge >= 0.3 is 0 Å². The van der Waals surface area contributed by atoms with Crippen LogP contribution in [0.1, 0.15) is 28.4 Å². The summed E-state index contributed by atoms with van der Waals surface area (Å²) in [6.07, 6.45) is 0. The van der Waals surface area contributed by atoms with Crippen LogP contribution in [0, 0.1) is 0 Å². The van der Waals surface area contributed by atoms with Gasteiger partial charge in [-0.2, -0.15) is 0 Å². The van der Waals surface area contributed by atoms with E-state index in [2.05, 4.69) is 5.32 Å². The van der Waals surface area contributed by atoms with Gasteiger partial charge in [-0.05, 0) is 42.8 Å². The number of hydrogen-bond donors (Lipinski definition) is 1. The van der Waals surface area contributed by atoms with Gasteiger partial charge in [0.05, 0.1) is 13.7 Å². The SMILES string of the molecule is CCOCc1cc(C(=O)NCc2cccc(Cl)c2)ccc1OC. The Hall–Kier alpha value is -2.04. The molecular formula is C18H20ClNO3. The summed E-state index contributed by atoms with van der Waals surface area (Å²) in [6, 6.07) is 12.7. The number of amides is 1. The van der Waals surface area contributed by atoms with E-state index in [-0.39, 0.29) is 5.91 Å². The van der Waals surface area contributed by atoms with Gasteiger partial charge in [0.15, 0.2) is 0 Å². The Kier molecular flexibility index (Phi) is 6.44. The van der Waals surface area contributed by atoms with Crippen molar-refractivity contribution in [2.24, 2.45) is 0 Å². The first-order valence-electron chi connectivity index (χ1n) is 7.41. The van der Waals surface area contributed by atoms with Crippen molar-refractivity contribution in [3.8, 4) is 5.75 Å². The minimum atomic E-state index is -0.148. The van der Waals surface area contributed by atoms with Crippen LogP contribution in [0.3, 0.4) is 0 Å². The first-order chi connectivity index (χ1) is 11.1. The second-order valence-corrected chi connectivity index (χ2v) is 5.41. The number of rotatable bonds is 7. The van der Waals surface area contributed by atoms with Gasteiger partial charge in [0, 0.05) is 29.3 Å². The number of carbonyl (C=O) groups excluding carboxylic acids is 1. The lowest BCUT2D eigenvalue weighted by Crippen LogP contribution is -2.23. The van der Waals surface area contributed by atoms with Crippen molar-refractivity contribution in [3.05, 3.63) is 64.2 Å². The van der Waals surface area contributed by atoms with Crippen LogP contribution in [-0.2, 0) is 17.9 Å². The molecule has 0 heterocycles. The average molecular weight is 334 g/mol. The first-order valence-corrected chi connectivity index (χ1v) is 7.79. The lowest BCUT2D eigenvalue weighted by Gasteiger charge is -2.11. The van der Waals surface area contributed by atoms with E-state index in [1.165, 1.54) is 0 Å². The average Bonchev–Trinajstić information content (AvgIpc) is 2.57. The summed E-state index contributed by atoms with van der Waals surface area (Å²) in [5.74, 6) is 0.565. The van der Waals surface area contributed by atoms with Crippen molar-refractivity contribution in [2.45, 2.75) is 20.1 Å². The number of methoxy groups -OCH3 is 1. The Labute approximate surface area is 141 Å². The van der Waals surface area contributed by atoms with Crippen LogP contribution in [0.15, 0.2) is 42.5 Å². The summed E-state index contributed by atoms with van der Waals surface area (Å²) in [4.78, 5) is 12.3. The molecule has 2 aromatic rings. The highest BCUT2D eigenvalue weighted by Gasteiger charge is 2.10. The van der Waals surface area contributed by atoms with Crippen molar-refractivity contribution in [1.29, 1.82) is 0 Å². The van der Waals surface area contributed by atoms with Crippen LogP contribution in [-0.4, -0.2) is 19.6 Å². The Morgan fingerprint density at radius 2 is 2.04 bits per heavy atom. The zero-order valence-corrected chi connectivity index (χ0v) is 14.0.